The molecule has 2 amide bonds. The number of carbonyl (C=O) groups excluding carboxylic acids is 1. The van der Waals surface area contributed by atoms with Crippen LogP contribution in [-0.2, 0) is 6.54 Å². The number of amides is 2. The van der Waals surface area contributed by atoms with Crippen LogP contribution in [0.15, 0.2) is 36.5 Å². The fraction of sp³-hybridized carbons (Fsp3) is 0.167. The molecule has 0 unspecified atom stereocenters. The van der Waals surface area contributed by atoms with Gasteiger partial charge in [0.05, 0.1) is 18.4 Å². The minimum absolute atomic E-state index is 0.220. The Balaban J connectivity index is 2.04. The van der Waals surface area contributed by atoms with E-state index in [0.717, 1.165) is 17.1 Å². The zero-order valence-electron chi connectivity index (χ0n) is 9.53. The fourth-order valence-electron chi connectivity index (χ4n) is 1.47. The average Bonchev–Trinajstić information content (AvgIpc) is 2.86. The van der Waals surface area contributed by atoms with Gasteiger partial charge in [-0.05, 0) is 5.56 Å². The molecule has 0 fully saturated rings. The third-order valence-corrected chi connectivity index (χ3v) is 2.36. The monoisotopic (exact) mass is 230 g/mol. The Kier molecular flexibility index (Phi) is 3.40. The maximum atomic E-state index is 11.0. The van der Waals surface area contributed by atoms with Crippen LogP contribution in [0.25, 0.3) is 11.3 Å². The van der Waals surface area contributed by atoms with Crippen LogP contribution in [0.1, 0.15) is 5.82 Å². The highest BCUT2D eigenvalue weighted by atomic mass is 16.2. The van der Waals surface area contributed by atoms with Crippen molar-refractivity contribution in [3.8, 4) is 11.3 Å². The smallest absolute Gasteiger partial charge is 0.314 e. The van der Waals surface area contributed by atoms with Gasteiger partial charge in [-0.25, -0.2) is 9.78 Å². The molecule has 0 radical (unpaired) electrons. The van der Waals surface area contributed by atoms with Gasteiger partial charge in [-0.1, -0.05) is 30.3 Å². The van der Waals surface area contributed by atoms with E-state index in [0.29, 0.717) is 6.54 Å². The van der Waals surface area contributed by atoms with Gasteiger partial charge in [0.25, 0.3) is 0 Å². The molecule has 1 aromatic carbocycles. The standard InChI is InChI=1S/C12H14N4O/c1-13-12(17)15-8-11-14-7-10(16-11)9-5-3-2-4-6-9/h2-7H,8H2,1H3,(H,14,16)(H2,13,15,17). The molecule has 1 heterocycles. The Labute approximate surface area is 99.3 Å². The lowest BCUT2D eigenvalue weighted by atomic mass is 10.2. The molecule has 17 heavy (non-hydrogen) atoms. The molecule has 0 bridgehead atoms. The van der Waals surface area contributed by atoms with Crippen LogP contribution in [0.2, 0.25) is 0 Å². The normalized spacial score (nSPS) is 9.94. The number of hydrogen-bond donors (Lipinski definition) is 3. The topological polar surface area (TPSA) is 69.8 Å². The van der Waals surface area contributed by atoms with Gasteiger partial charge in [-0.15, -0.1) is 0 Å². The number of aromatic nitrogens is 2. The minimum Gasteiger partial charge on any atom is -0.341 e. The first kappa shape index (κ1) is 11.2. The van der Waals surface area contributed by atoms with Crippen molar-refractivity contribution in [1.29, 1.82) is 0 Å². The molecular formula is C12H14N4O. The van der Waals surface area contributed by atoms with E-state index in [2.05, 4.69) is 20.6 Å². The number of rotatable bonds is 3. The summed E-state index contributed by atoms with van der Waals surface area (Å²) in [6.07, 6.45) is 1.76. The van der Waals surface area contributed by atoms with Crippen molar-refractivity contribution in [2.75, 3.05) is 7.05 Å². The average molecular weight is 230 g/mol. The Morgan fingerprint density at radius 3 is 2.82 bits per heavy atom. The van der Waals surface area contributed by atoms with Crippen LogP contribution in [0.3, 0.4) is 0 Å². The zero-order valence-corrected chi connectivity index (χ0v) is 9.53. The fourth-order valence-corrected chi connectivity index (χ4v) is 1.47. The van der Waals surface area contributed by atoms with Crippen molar-refractivity contribution < 1.29 is 4.79 Å². The molecule has 0 aliphatic rings. The highest BCUT2D eigenvalue weighted by Crippen LogP contribution is 2.15. The maximum Gasteiger partial charge on any atom is 0.314 e. The van der Waals surface area contributed by atoms with Gasteiger partial charge in [0.1, 0.15) is 5.82 Å². The van der Waals surface area contributed by atoms with Crippen LogP contribution in [0.5, 0.6) is 0 Å². The summed E-state index contributed by atoms with van der Waals surface area (Å²) >= 11 is 0. The Morgan fingerprint density at radius 1 is 1.35 bits per heavy atom. The van der Waals surface area contributed by atoms with Gasteiger partial charge < -0.3 is 15.6 Å². The van der Waals surface area contributed by atoms with Crippen molar-refractivity contribution in [3.05, 3.63) is 42.4 Å². The van der Waals surface area contributed by atoms with Crippen molar-refractivity contribution in [2.24, 2.45) is 0 Å². The van der Waals surface area contributed by atoms with E-state index < -0.39 is 0 Å². The molecular weight excluding hydrogens is 216 g/mol. The molecule has 0 aliphatic carbocycles. The first-order chi connectivity index (χ1) is 8.29. The van der Waals surface area contributed by atoms with Crippen LogP contribution in [0, 0.1) is 0 Å². The number of nitrogens with one attached hydrogen (secondary N) is 3. The summed E-state index contributed by atoms with van der Waals surface area (Å²) in [6.45, 7) is 0.381. The molecule has 0 saturated heterocycles. The van der Waals surface area contributed by atoms with Gasteiger partial charge >= 0.3 is 6.03 Å². The summed E-state index contributed by atoms with van der Waals surface area (Å²) < 4.78 is 0. The summed E-state index contributed by atoms with van der Waals surface area (Å²) in [5.74, 6) is 0.729. The lowest BCUT2D eigenvalue weighted by molar-refractivity contribution is 0.242. The quantitative estimate of drug-likeness (QED) is 0.748. The highest BCUT2D eigenvalue weighted by molar-refractivity contribution is 5.73. The number of urea groups is 1. The van der Waals surface area contributed by atoms with Crippen LogP contribution < -0.4 is 10.6 Å². The van der Waals surface area contributed by atoms with E-state index in [1.807, 2.05) is 30.3 Å². The Hall–Kier alpha value is -2.30. The van der Waals surface area contributed by atoms with E-state index in [4.69, 9.17) is 0 Å². The second-order valence-electron chi connectivity index (χ2n) is 3.54. The van der Waals surface area contributed by atoms with E-state index in [1.165, 1.54) is 0 Å². The summed E-state index contributed by atoms with van der Waals surface area (Å²) in [5, 5.41) is 5.15. The maximum absolute atomic E-state index is 11.0. The van der Waals surface area contributed by atoms with E-state index in [-0.39, 0.29) is 6.03 Å². The summed E-state index contributed by atoms with van der Waals surface area (Å²) in [6, 6.07) is 9.70. The SMILES string of the molecule is CNC(=O)NCc1ncc(-c2ccccc2)[nH]1. The third kappa shape index (κ3) is 2.84. The molecule has 0 aliphatic heterocycles. The summed E-state index contributed by atoms with van der Waals surface area (Å²) in [4.78, 5) is 18.4. The molecule has 0 atom stereocenters. The lowest BCUT2D eigenvalue weighted by Gasteiger charge is -2.01. The van der Waals surface area contributed by atoms with Gasteiger partial charge in [0.15, 0.2) is 0 Å². The van der Waals surface area contributed by atoms with Gasteiger partial charge in [0.2, 0.25) is 0 Å². The second kappa shape index (κ2) is 5.16. The predicted molar refractivity (Wildman–Crippen MR) is 65.3 cm³/mol. The molecule has 1 aromatic heterocycles. The Bertz CT molecular complexity index is 492. The summed E-state index contributed by atoms with van der Waals surface area (Å²) in [7, 11) is 1.58. The molecule has 5 heteroatoms. The van der Waals surface area contributed by atoms with Crippen molar-refractivity contribution in [2.45, 2.75) is 6.54 Å². The minimum atomic E-state index is -0.220. The third-order valence-electron chi connectivity index (χ3n) is 2.36. The van der Waals surface area contributed by atoms with E-state index >= 15 is 0 Å². The summed E-state index contributed by atoms with van der Waals surface area (Å²) in [5.41, 5.74) is 2.02. The first-order valence-corrected chi connectivity index (χ1v) is 5.34. The number of nitrogens with zero attached hydrogens (tertiary/aromatic N) is 1. The number of hydrogen-bond acceptors (Lipinski definition) is 2. The second-order valence-corrected chi connectivity index (χ2v) is 3.54. The molecule has 88 valence electrons. The number of carbonyl (C=O) groups is 1. The molecule has 5 nitrogen and oxygen atoms in total. The van der Waals surface area contributed by atoms with Crippen molar-refractivity contribution in [1.82, 2.24) is 20.6 Å². The van der Waals surface area contributed by atoms with Gasteiger partial charge in [0, 0.05) is 7.05 Å². The number of imidazole rings is 1. The lowest BCUT2D eigenvalue weighted by Crippen LogP contribution is -2.32. The number of benzene rings is 1. The molecule has 3 N–H and O–H groups in total. The molecule has 2 rings (SSSR count). The van der Waals surface area contributed by atoms with Crippen LogP contribution in [-0.4, -0.2) is 23.0 Å². The first-order valence-electron chi connectivity index (χ1n) is 5.34. The molecule has 2 aromatic rings. The van der Waals surface area contributed by atoms with Crippen LogP contribution >= 0.6 is 0 Å². The zero-order chi connectivity index (χ0) is 12.1. The molecule has 0 spiro atoms. The van der Waals surface area contributed by atoms with Crippen molar-refractivity contribution >= 4 is 6.03 Å². The Morgan fingerprint density at radius 2 is 2.12 bits per heavy atom. The number of H-pyrrole nitrogens is 1. The van der Waals surface area contributed by atoms with Gasteiger partial charge in [-0.2, -0.15) is 0 Å². The predicted octanol–water partition coefficient (Wildman–Crippen LogP) is 1.51. The highest BCUT2D eigenvalue weighted by Gasteiger charge is 2.03. The van der Waals surface area contributed by atoms with Crippen molar-refractivity contribution in [3.63, 3.8) is 0 Å². The van der Waals surface area contributed by atoms with Crippen LogP contribution in [0.4, 0.5) is 4.79 Å². The van der Waals surface area contributed by atoms with E-state index in [1.54, 1.807) is 13.2 Å². The molecule has 0 saturated carbocycles. The largest absolute Gasteiger partial charge is 0.341 e. The van der Waals surface area contributed by atoms with Gasteiger partial charge in [-0.3, -0.25) is 0 Å². The number of aromatic amines is 1. The van der Waals surface area contributed by atoms with E-state index in [9.17, 15) is 4.79 Å².